The third-order valence-electron chi connectivity index (χ3n) is 8.60. The van der Waals surface area contributed by atoms with E-state index in [1.54, 1.807) is 0 Å². The van der Waals surface area contributed by atoms with Crippen molar-refractivity contribution in [3.05, 3.63) is 81.2 Å². The molecule has 0 N–H and O–H groups in total. The maximum Gasteiger partial charge on any atom is 0.179 e. The number of nitrogens with zero attached hydrogens (tertiary/aromatic N) is 1. The lowest BCUT2D eigenvalue weighted by Crippen LogP contribution is -2.45. The van der Waals surface area contributed by atoms with Crippen LogP contribution in [-0.2, 0) is 16.0 Å². The van der Waals surface area contributed by atoms with Gasteiger partial charge in [0, 0.05) is 47.8 Å². The van der Waals surface area contributed by atoms with Crippen LogP contribution < -0.4 is 9.47 Å². The minimum Gasteiger partial charge on any atom is -0.490 e. The Morgan fingerprint density at radius 3 is 2.00 bits per heavy atom. The van der Waals surface area contributed by atoms with Gasteiger partial charge in [-0.3, -0.25) is 9.59 Å². The molecule has 2 aromatic rings. The fourth-order valence-electron chi connectivity index (χ4n) is 6.90. The Kier molecular flexibility index (Phi) is 8.63. The first kappa shape index (κ1) is 30.4. The molecule has 0 amide bonds. The molecule has 1 heterocycles. The van der Waals surface area contributed by atoms with Gasteiger partial charge in [0.2, 0.25) is 0 Å². The number of rotatable bonds is 9. The summed E-state index contributed by atoms with van der Waals surface area (Å²) in [6.07, 6.45) is 4.10. The normalized spacial score (nSPS) is 20.0. The molecule has 0 fully saturated rings. The first-order valence-corrected chi connectivity index (χ1v) is 15.8. The van der Waals surface area contributed by atoms with Gasteiger partial charge in [0.25, 0.3) is 0 Å². The number of Topliss-reactive ketones (excluding diaryl/α,β-unsaturated/α-hetero) is 2. The summed E-state index contributed by atoms with van der Waals surface area (Å²) in [5.74, 6) is 0.810. The topological polar surface area (TPSA) is 55.8 Å². The highest BCUT2D eigenvalue weighted by molar-refractivity contribution is 6.32. The van der Waals surface area contributed by atoms with Gasteiger partial charge in [-0.1, -0.05) is 76.6 Å². The third-order valence-corrected chi connectivity index (χ3v) is 8.89. The zero-order valence-electron chi connectivity index (χ0n) is 25.9. The predicted molar refractivity (Wildman–Crippen MR) is 168 cm³/mol. The van der Waals surface area contributed by atoms with Gasteiger partial charge in [-0.15, -0.1) is 0 Å². The summed E-state index contributed by atoms with van der Waals surface area (Å²) in [4.78, 5) is 30.6. The first-order chi connectivity index (χ1) is 19.9. The SMILES string of the molecule is CCCOc1c(Cl)cc(C2C3=C(CC(C)(C)CC3=O)N(CCc3ccccc3)C3=C2C(=O)CC(C)(C)C3)cc1OCC. The minimum absolute atomic E-state index is 0.112. The zero-order chi connectivity index (χ0) is 30.2. The molecule has 3 aliphatic rings. The molecular weight excluding hydrogens is 546 g/mol. The quantitative estimate of drug-likeness (QED) is 0.294. The monoisotopic (exact) mass is 589 g/mol. The van der Waals surface area contributed by atoms with Crippen LogP contribution in [0.1, 0.15) is 90.7 Å². The van der Waals surface area contributed by atoms with E-state index in [2.05, 4.69) is 56.9 Å². The number of ether oxygens (including phenoxy) is 2. The fourth-order valence-corrected chi connectivity index (χ4v) is 7.17. The van der Waals surface area contributed by atoms with Gasteiger partial charge in [0.1, 0.15) is 0 Å². The Hall–Kier alpha value is -3.05. The van der Waals surface area contributed by atoms with Gasteiger partial charge in [0.05, 0.1) is 18.2 Å². The molecule has 42 heavy (non-hydrogen) atoms. The van der Waals surface area contributed by atoms with Crippen LogP contribution in [0, 0.1) is 10.8 Å². The van der Waals surface area contributed by atoms with Crippen LogP contribution in [-0.4, -0.2) is 36.2 Å². The van der Waals surface area contributed by atoms with Crippen LogP contribution in [0.3, 0.4) is 0 Å². The first-order valence-electron chi connectivity index (χ1n) is 15.4. The third kappa shape index (κ3) is 6.04. The highest BCUT2D eigenvalue weighted by Gasteiger charge is 2.49. The Balaban J connectivity index is 1.71. The number of carbonyl (C=O) groups excluding carboxylic acids is 2. The number of hydrogen-bond acceptors (Lipinski definition) is 5. The van der Waals surface area contributed by atoms with Gasteiger partial charge in [-0.25, -0.2) is 0 Å². The second-order valence-corrected chi connectivity index (χ2v) is 13.9. The van der Waals surface area contributed by atoms with Crippen molar-refractivity contribution < 1.29 is 19.1 Å². The van der Waals surface area contributed by atoms with Gasteiger partial charge >= 0.3 is 0 Å². The van der Waals surface area contributed by atoms with Gasteiger partial charge in [-0.05, 0) is 66.7 Å². The molecule has 0 saturated heterocycles. The standard InChI is InChI=1S/C36H44ClNO4/c1-7-16-42-34-25(37)17-24(18-30(34)41-8-2)31-32-26(19-35(3,4)21-28(32)39)38(15-14-23-12-10-9-11-13-23)27-20-36(5,6)22-29(40)33(27)31/h9-13,17-18,31H,7-8,14-16,19-22H2,1-6H3. The average Bonchev–Trinajstić information content (AvgIpc) is 2.90. The number of benzene rings is 2. The molecular formula is C36H44ClNO4. The number of carbonyl (C=O) groups is 2. The summed E-state index contributed by atoms with van der Waals surface area (Å²) in [6, 6.07) is 14.3. The Bertz CT molecular complexity index is 1380. The van der Waals surface area contributed by atoms with Crippen molar-refractivity contribution >= 4 is 23.2 Å². The highest BCUT2D eigenvalue weighted by Crippen LogP contribution is 2.55. The molecule has 0 atom stereocenters. The lowest BCUT2D eigenvalue weighted by Gasteiger charge is -2.49. The van der Waals surface area contributed by atoms with Gasteiger partial charge < -0.3 is 14.4 Å². The van der Waals surface area contributed by atoms with E-state index >= 15 is 0 Å². The van der Waals surface area contributed by atoms with Crippen molar-refractivity contribution in [1.29, 1.82) is 0 Å². The summed E-state index contributed by atoms with van der Waals surface area (Å²) in [5, 5.41) is 0.437. The van der Waals surface area contributed by atoms with Crippen LogP contribution in [0.25, 0.3) is 0 Å². The lowest BCUT2D eigenvalue weighted by molar-refractivity contribution is -0.119. The summed E-state index contributed by atoms with van der Waals surface area (Å²) in [5.41, 5.74) is 5.31. The molecule has 0 spiro atoms. The minimum atomic E-state index is -0.480. The van der Waals surface area contributed by atoms with Crippen molar-refractivity contribution in [2.75, 3.05) is 19.8 Å². The molecule has 5 nitrogen and oxygen atoms in total. The van der Waals surface area contributed by atoms with Crippen LogP contribution in [0.15, 0.2) is 65.0 Å². The molecule has 5 rings (SSSR count). The van der Waals surface area contributed by atoms with Gasteiger partial charge in [0.15, 0.2) is 23.1 Å². The van der Waals surface area contributed by atoms with E-state index < -0.39 is 5.92 Å². The Morgan fingerprint density at radius 2 is 1.45 bits per heavy atom. The summed E-state index contributed by atoms with van der Waals surface area (Å²) in [6.45, 7) is 14.3. The van der Waals surface area contributed by atoms with Crippen LogP contribution in [0.2, 0.25) is 5.02 Å². The number of allylic oxidation sites excluding steroid dienone is 4. The molecule has 0 bridgehead atoms. The number of ketones is 2. The number of halogens is 1. The summed E-state index contributed by atoms with van der Waals surface area (Å²) in [7, 11) is 0. The van der Waals surface area contributed by atoms with Gasteiger partial charge in [-0.2, -0.15) is 0 Å². The fraction of sp³-hybridized carbons (Fsp3) is 0.500. The molecule has 1 aliphatic heterocycles. The zero-order valence-corrected chi connectivity index (χ0v) is 26.7. The molecule has 0 radical (unpaired) electrons. The van der Waals surface area contributed by atoms with Crippen molar-refractivity contribution in [3.63, 3.8) is 0 Å². The van der Waals surface area contributed by atoms with E-state index in [0.717, 1.165) is 60.3 Å². The van der Waals surface area contributed by atoms with Crippen LogP contribution in [0.4, 0.5) is 0 Å². The van der Waals surface area contributed by atoms with E-state index in [1.165, 1.54) is 5.56 Å². The van der Waals surface area contributed by atoms with Crippen molar-refractivity contribution in [1.82, 2.24) is 4.90 Å². The van der Waals surface area contributed by atoms with E-state index in [-0.39, 0.29) is 22.4 Å². The smallest absolute Gasteiger partial charge is 0.179 e. The molecule has 0 unspecified atom stereocenters. The van der Waals surface area contributed by atoms with Crippen molar-refractivity contribution in [2.24, 2.45) is 10.8 Å². The second kappa shape index (κ2) is 11.9. The van der Waals surface area contributed by atoms with Crippen LogP contribution >= 0.6 is 11.6 Å². The molecule has 224 valence electrons. The lowest BCUT2D eigenvalue weighted by atomic mass is 9.63. The van der Waals surface area contributed by atoms with E-state index in [9.17, 15) is 9.59 Å². The number of hydrogen-bond donors (Lipinski definition) is 0. The average molecular weight is 590 g/mol. The largest absolute Gasteiger partial charge is 0.490 e. The molecule has 2 aromatic carbocycles. The van der Waals surface area contributed by atoms with E-state index in [0.29, 0.717) is 42.6 Å². The molecule has 0 aromatic heterocycles. The summed E-state index contributed by atoms with van der Waals surface area (Å²) < 4.78 is 12.0. The summed E-state index contributed by atoms with van der Waals surface area (Å²) >= 11 is 6.87. The van der Waals surface area contributed by atoms with Crippen molar-refractivity contribution in [3.8, 4) is 11.5 Å². The van der Waals surface area contributed by atoms with E-state index in [1.807, 2.05) is 32.0 Å². The van der Waals surface area contributed by atoms with Crippen molar-refractivity contribution in [2.45, 2.75) is 86.0 Å². The molecule has 0 saturated carbocycles. The highest BCUT2D eigenvalue weighted by atomic mass is 35.5. The van der Waals surface area contributed by atoms with Crippen LogP contribution in [0.5, 0.6) is 11.5 Å². The maximum atomic E-state index is 14.2. The molecule has 6 heteroatoms. The predicted octanol–water partition coefficient (Wildman–Crippen LogP) is 8.46. The molecule has 2 aliphatic carbocycles. The Morgan fingerprint density at radius 1 is 0.857 bits per heavy atom. The Labute approximate surface area is 255 Å². The van der Waals surface area contributed by atoms with E-state index in [4.69, 9.17) is 21.1 Å². The maximum absolute atomic E-state index is 14.2. The second-order valence-electron chi connectivity index (χ2n) is 13.5.